The van der Waals surface area contributed by atoms with Gasteiger partial charge in [0.2, 0.25) is 0 Å². The number of fused-ring (bicyclic) bond motifs is 10. The summed E-state index contributed by atoms with van der Waals surface area (Å²) in [6.45, 7) is 0. The van der Waals surface area contributed by atoms with Crippen molar-refractivity contribution in [3.8, 4) is 44.5 Å². The number of para-hydroxylation sites is 4. The molecule has 88 heavy (non-hydrogen) atoms. The Morgan fingerprint density at radius 3 is 1.44 bits per heavy atom. The van der Waals surface area contributed by atoms with Gasteiger partial charge in [0.1, 0.15) is 11.2 Å². The van der Waals surface area contributed by atoms with Crippen molar-refractivity contribution < 1.29 is 4.42 Å². The van der Waals surface area contributed by atoms with E-state index >= 15 is 0 Å². The van der Waals surface area contributed by atoms with Crippen LogP contribution in [0.3, 0.4) is 0 Å². The van der Waals surface area contributed by atoms with E-state index in [1.54, 1.807) is 0 Å². The molecule has 0 unspecified atom stereocenters. The number of rotatable bonds is 12. The van der Waals surface area contributed by atoms with Crippen molar-refractivity contribution in [1.82, 2.24) is 0 Å². The Labute approximate surface area is 514 Å². The number of nitrogens with zero attached hydrogens (tertiary/aromatic N) is 3. The van der Waals surface area contributed by atoms with Gasteiger partial charge in [0, 0.05) is 70.3 Å². The molecule has 0 saturated heterocycles. The molecule has 16 aromatic rings. The minimum Gasteiger partial charge on any atom is -0.455 e. The summed E-state index contributed by atoms with van der Waals surface area (Å²) < 4.78 is 9.19. The first-order valence-corrected chi connectivity index (χ1v) is 30.9. The van der Waals surface area contributed by atoms with E-state index in [1.165, 1.54) is 64.7 Å². The fourth-order valence-corrected chi connectivity index (χ4v) is 14.8. The van der Waals surface area contributed by atoms with E-state index in [2.05, 4.69) is 330 Å². The number of anilines is 9. The van der Waals surface area contributed by atoms with E-state index in [-0.39, 0.29) is 0 Å². The summed E-state index contributed by atoms with van der Waals surface area (Å²) in [5.41, 5.74) is 23.4. The molecule has 0 spiro atoms. The van der Waals surface area contributed by atoms with E-state index in [1.807, 2.05) is 17.4 Å². The van der Waals surface area contributed by atoms with Gasteiger partial charge in [0.25, 0.3) is 0 Å². The highest BCUT2D eigenvalue weighted by atomic mass is 32.1. The molecule has 0 fully saturated rings. The van der Waals surface area contributed by atoms with Gasteiger partial charge >= 0.3 is 0 Å². The van der Waals surface area contributed by atoms with E-state index in [0.29, 0.717) is 0 Å². The van der Waals surface area contributed by atoms with Crippen LogP contribution in [0.2, 0.25) is 0 Å². The molecule has 2 heterocycles. The van der Waals surface area contributed by atoms with E-state index < -0.39 is 0 Å². The molecule has 1 aliphatic carbocycles. The maximum absolute atomic E-state index is 6.59. The molecule has 414 valence electrons. The van der Waals surface area contributed by atoms with Gasteiger partial charge in [0.05, 0.1) is 22.7 Å². The second-order valence-electron chi connectivity index (χ2n) is 22.8. The van der Waals surface area contributed by atoms with Gasteiger partial charge in [0.15, 0.2) is 0 Å². The molecule has 2 aromatic heterocycles. The third-order valence-corrected chi connectivity index (χ3v) is 18.9. The number of hydrogen-bond donors (Lipinski definition) is 0. The highest BCUT2D eigenvalue weighted by molar-refractivity contribution is 7.26. The summed E-state index contributed by atoms with van der Waals surface area (Å²) in [4.78, 5) is 7.27. The van der Waals surface area contributed by atoms with E-state index in [0.717, 1.165) is 101 Å². The van der Waals surface area contributed by atoms with Crippen LogP contribution in [0, 0.1) is 0 Å². The molecule has 14 aromatic carbocycles. The van der Waals surface area contributed by atoms with Crippen molar-refractivity contribution >= 4 is 115 Å². The molecule has 17 rings (SSSR count). The molecule has 0 atom stereocenters. The van der Waals surface area contributed by atoms with Gasteiger partial charge in [-0.05, 0) is 159 Å². The zero-order valence-electron chi connectivity index (χ0n) is 48.0. The van der Waals surface area contributed by atoms with Crippen LogP contribution in [-0.4, -0.2) is 0 Å². The van der Waals surface area contributed by atoms with Gasteiger partial charge in [-0.25, -0.2) is 0 Å². The van der Waals surface area contributed by atoms with Crippen molar-refractivity contribution in [3.63, 3.8) is 0 Å². The van der Waals surface area contributed by atoms with Gasteiger partial charge in [-0.3, -0.25) is 0 Å². The third kappa shape index (κ3) is 8.82. The summed E-state index contributed by atoms with van der Waals surface area (Å²) in [6, 6.07) is 117. The second-order valence-corrected chi connectivity index (χ2v) is 23.8. The van der Waals surface area contributed by atoms with Crippen LogP contribution in [0.4, 0.5) is 51.2 Å². The largest absolute Gasteiger partial charge is 0.455 e. The van der Waals surface area contributed by atoms with Gasteiger partial charge in [-0.2, -0.15) is 0 Å². The Kier molecular flexibility index (Phi) is 12.4. The molecule has 0 bridgehead atoms. The first-order chi connectivity index (χ1) is 43.6. The number of furan rings is 1. The maximum Gasteiger partial charge on any atom is 0.143 e. The van der Waals surface area contributed by atoms with Crippen LogP contribution in [-0.2, 0) is 6.42 Å². The summed E-state index contributed by atoms with van der Waals surface area (Å²) >= 11 is 1.87. The lowest BCUT2D eigenvalue weighted by Crippen LogP contribution is -2.16. The molecule has 0 aliphatic heterocycles. The van der Waals surface area contributed by atoms with Crippen molar-refractivity contribution in [2.75, 3.05) is 14.7 Å². The lowest BCUT2D eigenvalue weighted by atomic mass is 9.95. The quantitative estimate of drug-likeness (QED) is 0.122. The van der Waals surface area contributed by atoms with Crippen molar-refractivity contribution in [2.45, 2.75) is 6.42 Å². The average Bonchev–Trinajstić information content (AvgIpc) is 4.19. The highest BCUT2D eigenvalue weighted by Gasteiger charge is 2.26. The summed E-state index contributed by atoms with van der Waals surface area (Å²) in [7, 11) is 0. The second kappa shape index (κ2) is 21.4. The first kappa shape index (κ1) is 51.2. The van der Waals surface area contributed by atoms with Crippen LogP contribution in [0.25, 0.3) is 97.4 Å². The fourth-order valence-electron chi connectivity index (χ4n) is 13.6. The summed E-state index contributed by atoms with van der Waals surface area (Å²) in [5.74, 6) is 0. The SMILES string of the molecule is c1ccc(N(c2ccc(-c3cccc4c3Cc3ccccc3-4)cc2)c2cc(N(c3ccccc3)c3ccc(-c4cccc5c4oc4ccccc45)cc3)cc(N(c3ccc(-c4cccc5c4sc4ccccc45)cc3)c3cccc4ccccc34)c2)cc1. The van der Waals surface area contributed by atoms with Gasteiger partial charge in [-0.15, -0.1) is 11.3 Å². The molecule has 0 amide bonds. The topological polar surface area (TPSA) is 22.9 Å². The fraction of sp³-hybridized carbons (Fsp3) is 0.0120. The summed E-state index contributed by atoms with van der Waals surface area (Å²) in [5, 5.41) is 7.13. The molecule has 0 N–H and O–H groups in total. The van der Waals surface area contributed by atoms with Crippen LogP contribution in [0.15, 0.2) is 326 Å². The first-order valence-electron chi connectivity index (χ1n) is 30.1. The summed E-state index contributed by atoms with van der Waals surface area (Å²) in [6.07, 6.45) is 0.922. The zero-order chi connectivity index (χ0) is 58.1. The monoisotopic (exact) mass is 1140 g/mol. The zero-order valence-corrected chi connectivity index (χ0v) is 48.8. The standard InChI is InChI=1S/C83H55N3OS/c1-3-22-60(23-4-1)84(62-45-39-56(40-46-62)68-30-16-33-73-69-26-9-8-20-59(69)51-78(68)73)65-52-66(85(61-24-5-2-6-25-61)63-47-41-57(42-48-63)71-31-17-34-76-74-28-11-13-37-80(74)87-82(71)76)54-67(53-65)86(79-36-15-21-55-19-7-10-27-70(55)79)64-49-43-58(44-50-64)72-32-18-35-77-75-29-12-14-38-81(75)88-83(72)77/h1-50,52-54H,51H2. The van der Waals surface area contributed by atoms with E-state index in [4.69, 9.17) is 4.42 Å². The van der Waals surface area contributed by atoms with Gasteiger partial charge in [-0.1, -0.05) is 224 Å². The van der Waals surface area contributed by atoms with Crippen molar-refractivity contribution in [2.24, 2.45) is 0 Å². The number of hydrogen-bond acceptors (Lipinski definition) is 5. The lowest BCUT2D eigenvalue weighted by molar-refractivity contribution is 0.670. The lowest BCUT2D eigenvalue weighted by Gasteiger charge is -2.33. The molecule has 5 heteroatoms. The van der Waals surface area contributed by atoms with Crippen LogP contribution in [0.5, 0.6) is 0 Å². The minimum atomic E-state index is 0.886. The molecule has 1 aliphatic rings. The van der Waals surface area contributed by atoms with Crippen LogP contribution < -0.4 is 14.7 Å². The predicted octanol–water partition coefficient (Wildman–Crippen LogP) is 24.1. The minimum absolute atomic E-state index is 0.886. The number of thiophene rings is 1. The molecule has 0 saturated carbocycles. The van der Waals surface area contributed by atoms with Crippen molar-refractivity contribution in [3.05, 3.63) is 333 Å². The molecule has 0 radical (unpaired) electrons. The Morgan fingerprint density at radius 1 is 0.284 bits per heavy atom. The smallest absolute Gasteiger partial charge is 0.143 e. The molecular formula is C83H55N3OS. The normalized spacial score (nSPS) is 11.8. The van der Waals surface area contributed by atoms with E-state index in [9.17, 15) is 0 Å². The molecular weight excluding hydrogens is 1090 g/mol. The Hall–Kier alpha value is -11.2. The highest BCUT2D eigenvalue weighted by Crippen LogP contribution is 2.50. The molecule has 4 nitrogen and oxygen atoms in total. The number of benzene rings is 14. The van der Waals surface area contributed by atoms with Crippen LogP contribution in [0.1, 0.15) is 11.1 Å². The Bertz CT molecular complexity index is 5300. The Morgan fingerprint density at radius 2 is 0.739 bits per heavy atom. The maximum atomic E-state index is 6.59. The average molecular weight is 1140 g/mol. The predicted molar refractivity (Wildman–Crippen MR) is 373 cm³/mol. The van der Waals surface area contributed by atoms with Crippen LogP contribution >= 0.6 is 11.3 Å². The Balaban J connectivity index is 0.867. The van der Waals surface area contributed by atoms with Gasteiger partial charge < -0.3 is 19.1 Å². The van der Waals surface area contributed by atoms with Crippen molar-refractivity contribution in [1.29, 1.82) is 0 Å². The third-order valence-electron chi connectivity index (χ3n) is 17.7.